The number of aromatic amines is 1. The van der Waals surface area contributed by atoms with E-state index in [0.29, 0.717) is 6.42 Å². The van der Waals surface area contributed by atoms with Gasteiger partial charge in [-0.3, -0.25) is 4.79 Å². The number of amides is 1. The van der Waals surface area contributed by atoms with Crippen molar-refractivity contribution in [3.05, 3.63) is 35.5 Å². The molecule has 1 amide bonds. The predicted molar refractivity (Wildman–Crippen MR) is 88.1 cm³/mol. The number of H-pyrrole nitrogens is 1. The molecule has 0 atom stereocenters. The Labute approximate surface area is 131 Å². The van der Waals surface area contributed by atoms with Crippen molar-refractivity contribution in [1.29, 1.82) is 0 Å². The van der Waals surface area contributed by atoms with Gasteiger partial charge in [0.25, 0.3) is 0 Å². The topological polar surface area (TPSA) is 48.1 Å². The van der Waals surface area contributed by atoms with Gasteiger partial charge in [-0.05, 0) is 31.0 Å². The Hall–Kier alpha value is -1.52. The van der Waals surface area contributed by atoms with E-state index in [1.54, 1.807) is 0 Å². The van der Waals surface area contributed by atoms with Crippen molar-refractivity contribution < 1.29 is 4.79 Å². The third-order valence-corrected chi connectivity index (χ3v) is 4.00. The van der Waals surface area contributed by atoms with E-state index in [4.69, 9.17) is 0 Å². The van der Waals surface area contributed by atoms with Crippen LogP contribution in [0.5, 0.6) is 0 Å². The highest BCUT2D eigenvalue weighted by Crippen LogP contribution is 2.21. The number of rotatable bonds is 3. The fourth-order valence-electron chi connectivity index (χ4n) is 2.81. The molecule has 21 heavy (non-hydrogen) atoms. The van der Waals surface area contributed by atoms with E-state index in [-0.39, 0.29) is 18.3 Å². The summed E-state index contributed by atoms with van der Waals surface area (Å²) in [7, 11) is 0. The smallest absolute Gasteiger partial charge is 0.222 e. The van der Waals surface area contributed by atoms with Crippen LogP contribution in [-0.4, -0.2) is 42.0 Å². The fourth-order valence-corrected chi connectivity index (χ4v) is 2.81. The number of hydrogen-bond acceptors (Lipinski definition) is 2. The van der Waals surface area contributed by atoms with Crippen molar-refractivity contribution in [3.8, 4) is 0 Å². The zero-order valence-electron chi connectivity index (χ0n) is 12.3. The van der Waals surface area contributed by atoms with Crippen LogP contribution < -0.4 is 5.32 Å². The molecule has 1 aromatic heterocycles. The Morgan fingerprint density at radius 3 is 2.81 bits per heavy atom. The number of halogens is 1. The van der Waals surface area contributed by atoms with E-state index in [9.17, 15) is 4.79 Å². The molecule has 2 heterocycles. The maximum atomic E-state index is 12.2. The van der Waals surface area contributed by atoms with Gasteiger partial charge < -0.3 is 15.2 Å². The van der Waals surface area contributed by atoms with Gasteiger partial charge in [0.2, 0.25) is 5.91 Å². The molecule has 2 N–H and O–H groups in total. The van der Waals surface area contributed by atoms with Crippen LogP contribution in [0.3, 0.4) is 0 Å². The normalized spacial score (nSPS) is 15.0. The van der Waals surface area contributed by atoms with E-state index in [1.807, 2.05) is 11.1 Å². The van der Waals surface area contributed by atoms with Crippen molar-refractivity contribution in [3.63, 3.8) is 0 Å². The first-order valence-electron chi connectivity index (χ1n) is 7.29. The van der Waals surface area contributed by atoms with E-state index in [0.717, 1.165) is 38.1 Å². The van der Waals surface area contributed by atoms with Crippen LogP contribution in [0.4, 0.5) is 0 Å². The maximum absolute atomic E-state index is 12.2. The quantitative estimate of drug-likeness (QED) is 0.914. The highest BCUT2D eigenvalue weighted by atomic mass is 35.5. The van der Waals surface area contributed by atoms with Crippen molar-refractivity contribution in [2.45, 2.75) is 19.8 Å². The second-order valence-corrected chi connectivity index (χ2v) is 5.49. The average molecular weight is 308 g/mol. The Bertz CT molecular complexity index is 617. The molecule has 1 fully saturated rings. The molecule has 0 radical (unpaired) electrons. The van der Waals surface area contributed by atoms with Gasteiger partial charge in [0, 0.05) is 49.7 Å². The Morgan fingerprint density at radius 1 is 1.29 bits per heavy atom. The Balaban J connectivity index is 0.00000161. The standard InChI is InChI=1S/C16H21N3O.ClH/c1-12-2-4-15-14(10-12)13(11-18-15)3-5-16(20)19-8-6-17-7-9-19;/h2,4,10-11,17-18H,3,5-9H2,1H3;1H. The first-order valence-corrected chi connectivity index (χ1v) is 7.29. The Morgan fingerprint density at radius 2 is 2.05 bits per heavy atom. The third kappa shape index (κ3) is 3.57. The largest absolute Gasteiger partial charge is 0.361 e. The molecule has 1 aliphatic rings. The average Bonchev–Trinajstić information content (AvgIpc) is 2.88. The van der Waals surface area contributed by atoms with Gasteiger partial charge in [-0.1, -0.05) is 11.6 Å². The zero-order chi connectivity index (χ0) is 13.9. The molecule has 1 aliphatic heterocycles. The summed E-state index contributed by atoms with van der Waals surface area (Å²) in [5, 5.41) is 4.52. The second kappa shape index (κ2) is 6.96. The fraction of sp³-hybridized carbons (Fsp3) is 0.438. The predicted octanol–water partition coefficient (Wildman–Crippen LogP) is 2.26. The van der Waals surface area contributed by atoms with Crippen LogP contribution >= 0.6 is 12.4 Å². The van der Waals surface area contributed by atoms with Crippen LogP contribution in [0.15, 0.2) is 24.4 Å². The molecule has 2 aromatic rings. The molecule has 5 heteroatoms. The molecule has 1 saturated heterocycles. The molecule has 0 saturated carbocycles. The number of hydrogen-bond donors (Lipinski definition) is 2. The van der Waals surface area contributed by atoms with Gasteiger partial charge in [-0.15, -0.1) is 12.4 Å². The maximum Gasteiger partial charge on any atom is 0.222 e. The summed E-state index contributed by atoms with van der Waals surface area (Å²) in [6.45, 7) is 5.61. The van der Waals surface area contributed by atoms with Crippen molar-refractivity contribution in [2.75, 3.05) is 26.2 Å². The number of carbonyl (C=O) groups is 1. The van der Waals surface area contributed by atoms with Crippen LogP contribution in [0, 0.1) is 6.92 Å². The number of aromatic nitrogens is 1. The lowest BCUT2D eigenvalue weighted by Crippen LogP contribution is -2.46. The zero-order valence-corrected chi connectivity index (χ0v) is 13.1. The van der Waals surface area contributed by atoms with Crippen LogP contribution in [0.2, 0.25) is 0 Å². The lowest BCUT2D eigenvalue weighted by atomic mass is 10.1. The molecule has 4 nitrogen and oxygen atoms in total. The number of benzene rings is 1. The first kappa shape index (κ1) is 15.9. The number of piperazine rings is 1. The summed E-state index contributed by atoms with van der Waals surface area (Å²) >= 11 is 0. The van der Waals surface area contributed by atoms with Gasteiger partial charge in [0.1, 0.15) is 0 Å². The SMILES string of the molecule is Cc1ccc2[nH]cc(CCC(=O)N3CCNCC3)c2c1.Cl. The first-order chi connectivity index (χ1) is 9.74. The molecule has 0 unspecified atom stereocenters. The summed E-state index contributed by atoms with van der Waals surface area (Å²) in [4.78, 5) is 17.4. The number of aryl methyl sites for hydroxylation is 2. The molecule has 114 valence electrons. The van der Waals surface area contributed by atoms with E-state index in [2.05, 4.69) is 35.4 Å². The van der Waals surface area contributed by atoms with Crippen molar-refractivity contribution in [1.82, 2.24) is 15.2 Å². The number of fused-ring (bicyclic) bond motifs is 1. The van der Waals surface area contributed by atoms with Gasteiger partial charge >= 0.3 is 0 Å². The van der Waals surface area contributed by atoms with Crippen LogP contribution in [0.25, 0.3) is 10.9 Å². The lowest BCUT2D eigenvalue weighted by Gasteiger charge is -2.27. The minimum Gasteiger partial charge on any atom is -0.361 e. The summed E-state index contributed by atoms with van der Waals surface area (Å²) < 4.78 is 0. The number of nitrogens with zero attached hydrogens (tertiary/aromatic N) is 1. The second-order valence-electron chi connectivity index (χ2n) is 5.49. The summed E-state index contributed by atoms with van der Waals surface area (Å²) in [5.74, 6) is 0.272. The highest BCUT2D eigenvalue weighted by molar-refractivity contribution is 5.85. The molecule has 0 aliphatic carbocycles. The molecule has 0 bridgehead atoms. The Kier molecular flexibility index (Phi) is 5.26. The molecular formula is C16H22ClN3O. The van der Waals surface area contributed by atoms with Gasteiger partial charge in [-0.25, -0.2) is 0 Å². The van der Waals surface area contributed by atoms with Crippen LogP contribution in [-0.2, 0) is 11.2 Å². The molecule has 1 aromatic carbocycles. The third-order valence-electron chi connectivity index (χ3n) is 4.00. The van der Waals surface area contributed by atoms with E-state index >= 15 is 0 Å². The van der Waals surface area contributed by atoms with Gasteiger partial charge in [-0.2, -0.15) is 0 Å². The molecule has 0 spiro atoms. The minimum absolute atomic E-state index is 0. The molecule has 3 rings (SSSR count). The molecular weight excluding hydrogens is 286 g/mol. The summed E-state index contributed by atoms with van der Waals surface area (Å²) in [6.07, 6.45) is 3.45. The van der Waals surface area contributed by atoms with Gasteiger partial charge in [0.15, 0.2) is 0 Å². The number of nitrogens with one attached hydrogen (secondary N) is 2. The van der Waals surface area contributed by atoms with E-state index < -0.39 is 0 Å². The highest BCUT2D eigenvalue weighted by Gasteiger charge is 2.16. The van der Waals surface area contributed by atoms with E-state index in [1.165, 1.54) is 16.5 Å². The minimum atomic E-state index is 0. The summed E-state index contributed by atoms with van der Waals surface area (Å²) in [5.41, 5.74) is 3.65. The van der Waals surface area contributed by atoms with Crippen LogP contribution in [0.1, 0.15) is 17.5 Å². The van der Waals surface area contributed by atoms with Gasteiger partial charge in [0.05, 0.1) is 0 Å². The van der Waals surface area contributed by atoms with Crippen molar-refractivity contribution in [2.24, 2.45) is 0 Å². The van der Waals surface area contributed by atoms with Crippen molar-refractivity contribution >= 4 is 29.2 Å². The number of carbonyl (C=O) groups excluding carboxylic acids is 1. The lowest BCUT2D eigenvalue weighted by molar-refractivity contribution is -0.131. The monoisotopic (exact) mass is 307 g/mol. The summed E-state index contributed by atoms with van der Waals surface area (Å²) in [6, 6.07) is 6.40.